The number of nitrogens with one attached hydrogen (secondary N) is 1. The molecule has 0 saturated carbocycles. The van der Waals surface area contributed by atoms with Crippen molar-refractivity contribution in [2.24, 2.45) is 9.98 Å². The lowest BCUT2D eigenvalue weighted by molar-refractivity contribution is -0.0686. The fraction of sp³-hybridized carbons (Fsp3) is 0.481. The fourth-order valence-corrected chi connectivity index (χ4v) is 5.01. The Balaban J connectivity index is 1.32. The molecule has 5 rings (SSSR count). The summed E-state index contributed by atoms with van der Waals surface area (Å²) in [6, 6.07) is 7.43. The largest absolute Gasteiger partial charge is 0.491 e. The lowest BCUT2D eigenvalue weighted by Crippen LogP contribution is -2.47. The Kier molecular flexibility index (Phi) is 7.38. The van der Waals surface area contributed by atoms with Gasteiger partial charge in [0.1, 0.15) is 11.5 Å². The van der Waals surface area contributed by atoms with Crippen molar-refractivity contribution in [3.05, 3.63) is 47.3 Å². The summed E-state index contributed by atoms with van der Waals surface area (Å²) in [6.45, 7) is 10.7. The summed E-state index contributed by atoms with van der Waals surface area (Å²) in [4.78, 5) is 31.0. The highest BCUT2D eigenvalue weighted by Gasteiger charge is 2.33. The van der Waals surface area contributed by atoms with Crippen LogP contribution in [0.2, 0.25) is 0 Å². The number of methoxy groups -OCH3 is 1. The van der Waals surface area contributed by atoms with Crippen LogP contribution in [-0.4, -0.2) is 91.1 Å². The summed E-state index contributed by atoms with van der Waals surface area (Å²) in [5.41, 5.74) is 2.77. The molecule has 3 aliphatic heterocycles. The van der Waals surface area contributed by atoms with Crippen LogP contribution in [0.1, 0.15) is 41.9 Å². The molecule has 2 atom stereocenters. The maximum atomic E-state index is 12.9. The molecule has 1 fully saturated rings. The van der Waals surface area contributed by atoms with Gasteiger partial charge in [-0.05, 0) is 51.5 Å². The first-order valence-electron chi connectivity index (χ1n) is 12.8. The van der Waals surface area contributed by atoms with E-state index in [-0.39, 0.29) is 18.1 Å². The average Bonchev–Trinajstić information content (AvgIpc) is 3.37. The third kappa shape index (κ3) is 5.45. The maximum Gasteiger partial charge on any atom is 0.259 e. The predicted molar refractivity (Wildman–Crippen MR) is 141 cm³/mol. The van der Waals surface area contributed by atoms with Crippen LogP contribution in [0, 0.1) is 6.92 Å². The number of fused-ring (bicyclic) bond motifs is 3. The van der Waals surface area contributed by atoms with Gasteiger partial charge in [0.05, 0.1) is 38.0 Å². The van der Waals surface area contributed by atoms with E-state index >= 15 is 0 Å². The lowest BCUT2D eigenvalue weighted by atomic mass is 10.1. The summed E-state index contributed by atoms with van der Waals surface area (Å²) < 4.78 is 17.7. The van der Waals surface area contributed by atoms with E-state index in [1.165, 1.54) is 0 Å². The minimum atomic E-state index is -0.279. The number of carbonyl (C=O) groups is 1. The Hall–Kier alpha value is -3.50. The zero-order valence-electron chi connectivity index (χ0n) is 21.9. The molecular weight excluding hydrogens is 472 g/mol. The molecule has 37 heavy (non-hydrogen) atoms. The van der Waals surface area contributed by atoms with E-state index in [9.17, 15) is 4.79 Å². The Bertz CT molecular complexity index is 1200. The van der Waals surface area contributed by atoms with Crippen LogP contribution in [0.15, 0.2) is 40.4 Å². The number of aromatic nitrogens is 1. The number of ether oxygens (including phenoxy) is 3. The lowest BCUT2D eigenvalue weighted by Gasteiger charge is -2.35. The molecule has 1 saturated heterocycles. The minimum Gasteiger partial charge on any atom is -0.491 e. The summed E-state index contributed by atoms with van der Waals surface area (Å²) in [7, 11) is 1.60. The van der Waals surface area contributed by atoms with E-state index in [0.29, 0.717) is 48.4 Å². The predicted octanol–water partition coefficient (Wildman–Crippen LogP) is 2.77. The standard InChI is InChI=1S/C27H34N6O4/c1-17-6-7-20(14-29-17)26(34)31-27-30-23-21(25-28-10-12-33(25)27)8-9-22(24(23)35-4)36-13-5-11-32-15-18(2)37-19(3)16-32/h6-9,14,18-19H,5,10-13,15-16H2,1-4H3,(H,30,31,34)/t18-,19+. The van der Waals surface area contributed by atoms with Crippen LogP contribution >= 0.6 is 0 Å². The van der Waals surface area contributed by atoms with Gasteiger partial charge >= 0.3 is 0 Å². The molecule has 2 aromatic rings. The molecule has 0 bridgehead atoms. The number of nitrogens with zero attached hydrogens (tertiary/aromatic N) is 5. The van der Waals surface area contributed by atoms with Crippen LogP contribution < -0.4 is 14.8 Å². The highest BCUT2D eigenvalue weighted by atomic mass is 16.5. The van der Waals surface area contributed by atoms with E-state index in [4.69, 9.17) is 19.2 Å². The van der Waals surface area contributed by atoms with Crippen molar-refractivity contribution >= 4 is 23.4 Å². The Morgan fingerprint density at radius 1 is 1.19 bits per heavy atom. The maximum absolute atomic E-state index is 12.9. The van der Waals surface area contributed by atoms with E-state index in [1.54, 1.807) is 19.4 Å². The summed E-state index contributed by atoms with van der Waals surface area (Å²) in [5, 5.41) is 2.94. The molecule has 3 aliphatic rings. The van der Waals surface area contributed by atoms with E-state index in [1.807, 2.05) is 30.0 Å². The van der Waals surface area contributed by atoms with E-state index < -0.39 is 0 Å². The number of benzene rings is 1. The van der Waals surface area contributed by atoms with Gasteiger partial charge in [0.15, 0.2) is 11.5 Å². The third-order valence-electron chi connectivity index (χ3n) is 6.62. The number of guanidine groups is 1. The second-order valence-electron chi connectivity index (χ2n) is 9.65. The van der Waals surface area contributed by atoms with Crippen LogP contribution in [0.25, 0.3) is 0 Å². The first-order chi connectivity index (χ1) is 17.9. The van der Waals surface area contributed by atoms with Gasteiger partial charge in [-0.15, -0.1) is 0 Å². The number of hydrogen-bond donors (Lipinski definition) is 1. The van der Waals surface area contributed by atoms with E-state index in [2.05, 4.69) is 34.0 Å². The molecule has 4 heterocycles. The van der Waals surface area contributed by atoms with Gasteiger partial charge in [0, 0.05) is 43.6 Å². The molecule has 196 valence electrons. The number of morpholine rings is 1. The number of pyridine rings is 1. The first kappa shape index (κ1) is 25.2. The highest BCUT2D eigenvalue weighted by molar-refractivity contribution is 6.20. The van der Waals surface area contributed by atoms with Crippen LogP contribution in [0.3, 0.4) is 0 Å². The number of aliphatic imine (C=N–C) groups is 2. The third-order valence-corrected chi connectivity index (χ3v) is 6.62. The molecule has 0 aliphatic carbocycles. The highest BCUT2D eigenvalue weighted by Crippen LogP contribution is 2.43. The number of amides is 1. The zero-order valence-corrected chi connectivity index (χ0v) is 21.9. The summed E-state index contributed by atoms with van der Waals surface area (Å²) in [6.07, 6.45) is 2.94. The Morgan fingerprint density at radius 2 is 2.00 bits per heavy atom. The van der Waals surface area contributed by atoms with Gasteiger partial charge in [0.25, 0.3) is 5.91 Å². The molecule has 0 spiro atoms. The molecule has 0 radical (unpaired) electrons. The quantitative estimate of drug-likeness (QED) is 0.577. The van der Waals surface area contributed by atoms with Crippen molar-refractivity contribution in [3.8, 4) is 11.5 Å². The van der Waals surface area contributed by atoms with Crippen molar-refractivity contribution < 1.29 is 19.0 Å². The number of hydrogen-bond acceptors (Lipinski definition) is 9. The Morgan fingerprint density at radius 3 is 2.73 bits per heavy atom. The monoisotopic (exact) mass is 506 g/mol. The molecule has 1 amide bonds. The van der Waals surface area contributed by atoms with Crippen molar-refractivity contribution in [3.63, 3.8) is 0 Å². The van der Waals surface area contributed by atoms with Gasteiger partial charge in [-0.25, -0.2) is 4.99 Å². The van der Waals surface area contributed by atoms with Gasteiger partial charge in [-0.1, -0.05) is 0 Å². The molecule has 0 unspecified atom stereocenters. The number of carbonyl (C=O) groups excluding carboxylic acids is 1. The van der Waals surface area contributed by atoms with Crippen LogP contribution in [0.5, 0.6) is 11.5 Å². The molecule has 10 heteroatoms. The van der Waals surface area contributed by atoms with Crippen LogP contribution in [0.4, 0.5) is 5.69 Å². The number of rotatable bonds is 7. The first-order valence-corrected chi connectivity index (χ1v) is 12.8. The number of amidine groups is 1. The molecule has 1 N–H and O–H groups in total. The topological polar surface area (TPSA) is 101 Å². The zero-order chi connectivity index (χ0) is 25.9. The van der Waals surface area contributed by atoms with Crippen LogP contribution in [-0.2, 0) is 4.74 Å². The van der Waals surface area contributed by atoms with Gasteiger partial charge < -0.3 is 14.2 Å². The fourth-order valence-electron chi connectivity index (χ4n) is 5.01. The Labute approximate surface area is 217 Å². The van der Waals surface area contributed by atoms with Crippen molar-refractivity contribution in [2.75, 3.05) is 46.4 Å². The van der Waals surface area contributed by atoms with Gasteiger partial charge in [-0.2, -0.15) is 0 Å². The second kappa shape index (κ2) is 10.9. The second-order valence-corrected chi connectivity index (χ2v) is 9.65. The normalized spacial score (nSPS) is 21.0. The van der Waals surface area contributed by atoms with Crippen molar-refractivity contribution in [1.82, 2.24) is 20.1 Å². The average molecular weight is 507 g/mol. The smallest absolute Gasteiger partial charge is 0.259 e. The molecular formula is C27H34N6O4. The SMILES string of the molecule is COc1c(OCCCN2C[C@@H](C)O[C@@H](C)C2)ccc2c1N=C(NC(=O)c1ccc(C)nc1)N1CCN=C21. The molecule has 1 aromatic carbocycles. The molecule has 1 aromatic heterocycles. The van der Waals surface area contributed by atoms with Crippen molar-refractivity contribution in [2.45, 2.75) is 39.4 Å². The van der Waals surface area contributed by atoms with E-state index in [0.717, 1.165) is 43.1 Å². The van der Waals surface area contributed by atoms with Gasteiger partial charge in [0.2, 0.25) is 5.96 Å². The number of aryl methyl sites for hydroxylation is 1. The summed E-state index contributed by atoms with van der Waals surface area (Å²) >= 11 is 0. The summed E-state index contributed by atoms with van der Waals surface area (Å²) in [5.74, 6) is 2.06. The van der Waals surface area contributed by atoms with Crippen molar-refractivity contribution in [1.29, 1.82) is 0 Å². The molecule has 10 nitrogen and oxygen atoms in total. The minimum absolute atomic E-state index is 0.248. The van der Waals surface area contributed by atoms with Gasteiger partial charge in [-0.3, -0.25) is 29.9 Å².